The molecule has 0 aromatic carbocycles. The van der Waals surface area contributed by atoms with E-state index in [1.165, 1.54) is 12.8 Å². The fraction of sp³-hybridized carbons (Fsp3) is 0.933. The molecule has 0 aliphatic carbocycles. The summed E-state index contributed by atoms with van der Waals surface area (Å²) in [4.78, 5) is 16.8. The summed E-state index contributed by atoms with van der Waals surface area (Å²) in [5, 5.41) is 11.1. The lowest BCUT2D eigenvalue weighted by Gasteiger charge is -2.61. The Morgan fingerprint density at radius 1 is 1.16 bits per heavy atom. The van der Waals surface area contributed by atoms with Crippen LogP contribution in [-0.4, -0.2) is 58.1 Å². The summed E-state index contributed by atoms with van der Waals surface area (Å²) in [6, 6.07) is 0.731. The van der Waals surface area contributed by atoms with Crippen molar-refractivity contribution in [1.82, 2.24) is 9.80 Å². The molecule has 0 spiro atoms. The van der Waals surface area contributed by atoms with Gasteiger partial charge < -0.3 is 10.0 Å². The number of aliphatic hydroxyl groups is 1. The molecule has 4 atom stereocenters. The minimum Gasteiger partial charge on any atom is -0.386 e. The highest BCUT2D eigenvalue weighted by atomic mass is 16.3. The zero-order chi connectivity index (χ0) is 13.0. The van der Waals surface area contributed by atoms with E-state index >= 15 is 0 Å². The quantitative estimate of drug-likeness (QED) is 0.709. The molecule has 4 fully saturated rings. The lowest BCUT2D eigenvalue weighted by atomic mass is 9.66. The maximum absolute atomic E-state index is 12.2. The normalized spacial score (nSPS) is 46.7. The third-order valence-electron chi connectivity index (χ3n) is 5.94. The number of amides is 1. The smallest absolute Gasteiger partial charge is 0.222 e. The zero-order valence-corrected chi connectivity index (χ0v) is 11.6. The highest BCUT2D eigenvalue weighted by Gasteiger charge is 2.57. The number of hydrogen-bond donors (Lipinski definition) is 1. The van der Waals surface area contributed by atoms with E-state index in [4.69, 9.17) is 0 Å². The Balaban J connectivity index is 1.71. The molecular weight excluding hydrogens is 240 g/mol. The topological polar surface area (TPSA) is 43.8 Å². The number of rotatable bonds is 0. The van der Waals surface area contributed by atoms with Crippen molar-refractivity contribution in [3.05, 3.63) is 0 Å². The monoisotopic (exact) mass is 264 g/mol. The fourth-order valence-electron chi connectivity index (χ4n) is 5.29. The minimum absolute atomic E-state index is 0.283. The standard InChI is InChI=1S/C15H24N2O2/c18-13-6-1-5-12-11-4-2-8-16-9-3-7-15(19,14(11)16)10-17(12)13/h11-12,14,19H,1-10H2/t11-,12+,14-,15-/m1/s1. The van der Waals surface area contributed by atoms with Gasteiger partial charge in [0.25, 0.3) is 0 Å². The van der Waals surface area contributed by atoms with Crippen LogP contribution in [0.3, 0.4) is 0 Å². The lowest BCUT2D eigenvalue weighted by Crippen LogP contribution is -2.74. The van der Waals surface area contributed by atoms with E-state index in [0.29, 0.717) is 31.0 Å². The second-order valence-corrected chi connectivity index (χ2v) is 6.98. The molecule has 19 heavy (non-hydrogen) atoms. The van der Waals surface area contributed by atoms with E-state index in [-0.39, 0.29) is 5.91 Å². The van der Waals surface area contributed by atoms with Gasteiger partial charge in [-0.15, -0.1) is 0 Å². The van der Waals surface area contributed by atoms with E-state index in [2.05, 4.69) is 4.90 Å². The zero-order valence-electron chi connectivity index (χ0n) is 11.6. The second-order valence-electron chi connectivity index (χ2n) is 6.98. The maximum atomic E-state index is 12.2. The van der Waals surface area contributed by atoms with Crippen LogP contribution < -0.4 is 0 Å². The first-order valence-corrected chi connectivity index (χ1v) is 7.95. The van der Waals surface area contributed by atoms with Crippen molar-refractivity contribution in [3.8, 4) is 0 Å². The Morgan fingerprint density at radius 3 is 2.89 bits per heavy atom. The molecule has 0 unspecified atom stereocenters. The summed E-state index contributed by atoms with van der Waals surface area (Å²) in [6.07, 6.45) is 7.26. The van der Waals surface area contributed by atoms with Crippen molar-refractivity contribution < 1.29 is 9.90 Å². The van der Waals surface area contributed by atoms with Gasteiger partial charge in [0.2, 0.25) is 5.91 Å². The highest BCUT2D eigenvalue weighted by molar-refractivity contribution is 5.77. The predicted octanol–water partition coefficient (Wildman–Crippen LogP) is 0.987. The average molecular weight is 264 g/mol. The van der Waals surface area contributed by atoms with Gasteiger partial charge in [0.05, 0.1) is 12.1 Å². The van der Waals surface area contributed by atoms with Crippen molar-refractivity contribution in [2.75, 3.05) is 19.6 Å². The van der Waals surface area contributed by atoms with Gasteiger partial charge in [0.1, 0.15) is 0 Å². The van der Waals surface area contributed by atoms with E-state index in [1.54, 1.807) is 0 Å². The number of fused-ring (bicyclic) bond motifs is 2. The highest BCUT2D eigenvalue weighted by Crippen LogP contribution is 2.46. The number of nitrogens with zero attached hydrogens (tertiary/aromatic N) is 2. The SMILES string of the molecule is O=C1CCC[C@H]2[C@H]3CCCN4CCC[C@@](O)(CN12)[C@@H]34. The summed E-state index contributed by atoms with van der Waals surface area (Å²) in [5.41, 5.74) is -0.632. The Bertz CT molecular complexity index is 398. The Morgan fingerprint density at radius 2 is 2.00 bits per heavy atom. The molecule has 0 saturated carbocycles. The number of carbonyl (C=O) groups is 1. The van der Waals surface area contributed by atoms with Crippen molar-refractivity contribution in [2.24, 2.45) is 5.92 Å². The molecule has 4 saturated heterocycles. The molecule has 1 N–H and O–H groups in total. The maximum Gasteiger partial charge on any atom is 0.222 e. The summed E-state index contributed by atoms with van der Waals surface area (Å²) >= 11 is 0. The molecule has 4 nitrogen and oxygen atoms in total. The van der Waals surface area contributed by atoms with Crippen LogP contribution in [0.1, 0.15) is 44.9 Å². The van der Waals surface area contributed by atoms with Gasteiger partial charge in [-0.05, 0) is 57.5 Å². The summed E-state index contributed by atoms with van der Waals surface area (Å²) < 4.78 is 0. The molecule has 0 radical (unpaired) electrons. The number of carbonyl (C=O) groups excluding carboxylic acids is 1. The summed E-state index contributed by atoms with van der Waals surface area (Å²) in [7, 11) is 0. The molecule has 106 valence electrons. The van der Waals surface area contributed by atoms with Crippen molar-refractivity contribution in [3.63, 3.8) is 0 Å². The molecule has 4 heteroatoms. The fourth-order valence-corrected chi connectivity index (χ4v) is 5.29. The molecule has 0 aromatic rings. The largest absolute Gasteiger partial charge is 0.386 e. The van der Waals surface area contributed by atoms with Gasteiger partial charge in [0, 0.05) is 18.5 Å². The second kappa shape index (κ2) is 4.19. The first-order chi connectivity index (χ1) is 9.19. The van der Waals surface area contributed by atoms with Crippen LogP contribution in [0.5, 0.6) is 0 Å². The lowest BCUT2D eigenvalue weighted by molar-refractivity contribution is -0.190. The Kier molecular flexibility index (Phi) is 2.68. The molecule has 4 rings (SSSR count). The number of piperidine rings is 4. The predicted molar refractivity (Wildman–Crippen MR) is 71.6 cm³/mol. The Hall–Kier alpha value is -0.610. The third-order valence-corrected chi connectivity index (χ3v) is 5.94. The molecule has 1 amide bonds. The van der Waals surface area contributed by atoms with Crippen LogP contribution in [0.25, 0.3) is 0 Å². The molecule has 4 heterocycles. The molecule has 0 bridgehead atoms. The van der Waals surface area contributed by atoms with Crippen LogP contribution in [0.15, 0.2) is 0 Å². The van der Waals surface area contributed by atoms with Crippen LogP contribution in [0.4, 0.5) is 0 Å². The van der Waals surface area contributed by atoms with Gasteiger partial charge >= 0.3 is 0 Å². The van der Waals surface area contributed by atoms with Crippen LogP contribution >= 0.6 is 0 Å². The summed E-state index contributed by atoms with van der Waals surface area (Å²) in [6.45, 7) is 2.88. The van der Waals surface area contributed by atoms with Crippen LogP contribution in [0.2, 0.25) is 0 Å². The average Bonchev–Trinajstić information content (AvgIpc) is 2.40. The van der Waals surface area contributed by atoms with Gasteiger partial charge in [0.15, 0.2) is 0 Å². The first-order valence-electron chi connectivity index (χ1n) is 7.95. The van der Waals surface area contributed by atoms with E-state index in [0.717, 1.165) is 38.8 Å². The third kappa shape index (κ3) is 1.69. The number of hydrogen-bond acceptors (Lipinski definition) is 3. The van der Waals surface area contributed by atoms with Gasteiger partial charge in [-0.1, -0.05) is 0 Å². The van der Waals surface area contributed by atoms with E-state index in [1.807, 2.05) is 4.90 Å². The van der Waals surface area contributed by atoms with Crippen molar-refractivity contribution >= 4 is 5.91 Å². The molecule has 4 aliphatic rings. The molecule has 4 aliphatic heterocycles. The first kappa shape index (κ1) is 12.2. The Labute approximate surface area is 114 Å². The van der Waals surface area contributed by atoms with Crippen LogP contribution in [-0.2, 0) is 4.79 Å². The summed E-state index contributed by atoms with van der Waals surface area (Å²) in [5.74, 6) is 0.794. The van der Waals surface area contributed by atoms with Crippen molar-refractivity contribution in [2.45, 2.75) is 62.6 Å². The van der Waals surface area contributed by atoms with Gasteiger partial charge in [-0.25, -0.2) is 0 Å². The van der Waals surface area contributed by atoms with Crippen molar-refractivity contribution in [1.29, 1.82) is 0 Å². The molecular formula is C15H24N2O2. The minimum atomic E-state index is -0.632. The van der Waals surface area contributed by atoms with Gasteiger partial charge in [-0.3, -0.25) is 9.69 Å². The molecule has 0 aromatic heterocycles. The van der Waals surface area contributed by atoms with E-state index in [9.17, 15) is 9.90 Å². The van der Waals surface area contributed by atoms with Crippen LogP contribution in [0, 0.1) is 5.92 Å². The van der Waals surface area contributed by atoms with Gasteiger partial charge in [-0.2, -0.15) is 0 Å². The van der Waals surface area contributed by atoms with E-state index < -0.39 is 5.60 Å².